The number of rotatable bonds is 4. The monoisotopic (exact) mass is 331 g/mol. The summed E-state index contributed by atoms with van der Waals surface area (Å²) in [5, 5.41) is 2.84. The maximum absolute atomic E-state index is 12.2. The molecule has 0 fully saturated rings. The molecule has 0 spiro atoms. The molecule has 1 heterocycles. The summed E-state index contributed by atoms with van der Waals surface area (Å²) in [5.74, 6) is 0.685. The molecule has 3 rings (SSSR count). The highest BCUT2D eigenvalue weighted by Gasteiger charge is 2.15. The van der Waals surface area contributed by atoms with Gasteiger partial charge in [0.05, 0.1) is 11.5 Å². The van der Waals surface area contributed by atoms with E-state index in [4.69, 9.17) is 4.74 Å². The second-order valence-electron chi connectivity index (χ2n) is 5.52. The minimum Gasteiger partial charge on any atom is -0.493 e. The van der Waals surface area contributed by atoms with Gasteiger partial charge in [-0.05, 0) is 41.5 Å². The minimum absolute atomic E-state index is 0.160. The molecular weight excluding hydrogens is 314 g/mol. The van der Waals surface area contributed by atoms with Crippen LogP contribution in [0, 0.1) is 0 Å². The van der Waals surface area contributed by atoms with Crippen molar-refractivity contribution in [1.29, 1.82) is 0 Å². The fraction of sp³-hybridized carbons (Fsp3) is 0.235. The molecule has 120 valence electrons. The average molecular weight is 331 g/mol. The van der Waals surface area contributed by atoms with E-state index < -0.39 is 9.84 Å². The Morgan fingerprint density at radius 2 is 1.91 bits per heavy atom. The number of carbonyl (C=O) groups is 1. The van der Waals surface area contributed by atoms with Crippen molar-refractivity contribution in [3.63, 3.8) is 0 Å². The highest BCUT2D eigenvalue weighted by molar-refractivity contribution is 7.90. The first-order valence-electron chi connectivity index (χ1n) is 7.26. The van der Waals surface area contributed by atoms with Crippen molar-refractivity contribution in [2.45, 2.75) is 17.9 Å². The summed E-state index contributed by atoms with van der Waals surface area (Å²) in [6.45, 7) is 1.00. The van der Waals surface area contributed by atoms with Gasteiger partial charge in [-0.25, -0.2) is 8.42 Å². The third-order valence-electron chi connectivity index (χ3n) is 3.76. The zero-order chi connectivity index (χ0) is 16.4. The van der Waals surface area contributed by atoms with Gasteiger partial charge in [0.25, 0.3) is 5.91 Å². The maximum atomic E-state index is 12.2. The van der Waals surface area contributed by atoms with Gasteiger partial charge in [0.2, 0.25) is 0 Å². The number of hydrogen-bond acceptors (Lipinski definition) is 4. The third kappa shape index (κ3) is 3.53. The van der Waals surface area contributed by atoms with E-state index in [0.717, 1.165) is 23.3 Å². The molecule has 0 saturated heterocycles. The topological polar surface area (TPSA) is 72.5 Å². The maximum Gasteiger partial charge on any atom is 0.251 e. The molecule has 1 aliphatic rings. The summed E-state index contributed by atoms with van der Waals surface area (Å²) in [5.41, 5.74) is 2.49. The van der Waals surface area contributed by atoms with Gasteiger partial charge in [-0.3, -0.25) is 4.79 Å². The molecule has 0 saturated carbocycles. The molecule has 0 aromatic heterocycles. The number of fused-ring (bicyclic) bond motifs is 1. The van der Waals surface area contributed by atoms with Crippen molar-refractivity contribution in [3.05, 3.63) is 59.2 Å². The van der Waals surface area contributed by atoms with Gasteiger partial charge < -0.3 is 10.1 Å². The highest BCUT2D eigenvalue weighted by Crippen LogP contribution is 2.25. The molecule has 0 radical (unpaired) electrons. The summed E-state index contributed by atoms with van der Waals surface area (Å²) in [6, 6.07) is 11.9. The SMILES string of the molecule is CS(=O)(=O)c1ccc(CNC(=O)c2ccc3c(c2)CCO3)cc1. The Labute approximate surface area is 135 Å². The molecule has 1 aliphatic heterocycles. The molecule has 2 aromatic carbocycles. The van der Waals surface area contributed by atoms with Crippen LogP contribution < -0.4 is 10.1 Å². The molecule has 1 amide bonds. The van der Waals surface area contributed by atoms with Crippen molar-refractivity contribution in [2.75, 3.05) is 12.9 Å². The van der Waals surface area contributed by atoms with Crippen molar-refractivity contribution >= 4 is 15.7 Å². The fourth-order valence-electron chi connectivity index (χ4n) is 2.47. The molecule has 5 nitrogen and oxygen atoms in total. The van der Waals surface area contributed by atoms with Crippen molar-refractivity contribution in [1.82, 2.24) is 5.32 Å². The highest BCUT2D eigenvalue weighted by atomic mass is 32.2. The van der Waals surface area contributed by atoms with Crippen LogP contribution in [0.15, 0.2) is 47.4 Å². The third-order valence-corrected chi connectivity index (χ3v) is 4.88. The van der Waals surface area contributed by atoms with E-state index in [0.29, 0.717) is 18.7 Å². The number of benzene rings is 2. The van der Waals surface area contributed by atoms with Crippen LogP contribution in [0.5, 0.6) is 5.75 Å². The van der Waals surface area contributed by atoms with Gasteiger partial charge in [-0.15, -0.1) is 0 Å². The Kier molecular flexibility index (Phi) is 4.09. The van der Waals surface area contributed by atoms with Gasteiger partial charge in [-0.1, -0.05) is 12.1 Å². The van der Waals surface area contributed by atoms with Crippen molar-refractivity contribution in [3.8, 4) is 5.75 Å². The summed E-state index contributed by atoms with van der Waals surface area (Å²) in [4.78, 5) is 12.5. The molecule has 0 unspecified atom stereocenters. The lowest BCUT2D eigenvalue weighted by atomic mass is 10.1. The second-order valence-corrected chi connectivity index (χ2v) is 7.54. The number of ether oxygens (including phenoxy) is 1. The van der Waals surface area contributed by atoms with Crippen LogP contribution in [0.2, 0.25) is 0 Å². The van der Waals surface area contributed by atoms with Crippen LogP contribution >= 0.6 is 0 Å². The van der Waals surface area contributed by atoms with Crippen LogP contribution in [0.4, 0.5) is 0 Å². The minimum atomic E-state index is -3.20. The largest absolute Gasteiger partial charge is 0.493 e. The number of sulfone groups is 1. The van der Waals surface area contributed by atoms with Crippen LogP contribution in [0.3, 0.4) is 0 Å². The lowest BCUT2D eigenvalue weighted by Crippen LogP contribution is -2.22. The first-order valence-corrected chi connectivity index (χ1v) is 9.15. The summed E-state index contributed by atoms with van der Waals surface area (Å²) < 4.78 is 28.2. The number of carbonyl (C=O) groups excluding carboxylic acids is 1. The van der Waals surface area contributed by atoms with Crippen LogP contribution in [-0.2, 0) is 22.8 Å². The number of amides is 1. The van der Waals surface area contributed by atoms with E-state index in [2.05, 4.69) is 5.32 Å². The normalized spacial score (nSPS) is 13.3. The number of nitrogens with one attached hydrogen (secondary N) is 1. The van der Waals surface area contributed by atoms with E-state index >= 15 is 0 Å². The van der Waals surface area contributed by atoms with E-state index in [1.807, 2.05) is 12.1 Å². The molecule has 2 aromatic rings. The quantitative estimate of drug-likeness (QED) is 0.929. The van der Waals surface area contributed by atoms with E-state index in [-0.39, 0.29) is 10.8 Å². The molecule has 0 bridgehead atoms. The zero-order valence-corrected chi connectivity index (χ0v) is 13.5. The Morgan fingerprint density at radius 3 is 2.61 bits per heavy atom. The van der Waals surface area contributed by atoms with Gasteiger partial charge in [0.15, 0.2) is 9.84 Å². The lowest BCUT2D eigenvalue weighted by molar-refractivity contribution is 0.0951. The molecule has 1 N–H and O–H groups in total. The fourth-order valence-corrected chi connectivity index (χ4v) is 3.10. The Balaban J connectivity index is 1.65. The molecule has 0 aliphatic carbocycles. The van der Waals surface area contributed by atoms with Crippen molar-refractivity contribution < 1.29 is 17.9 Å². The molecule has 23 heavy (non-hydrogen) atoms. The van der Waals surface area contributed by atoms with Crippen LogP contribution in [0.1, 0.15) is 21.5 Å². The van der Waals surface area contributed by atoms with E-state index in [1.165, 1.54) is 6.26 Å². The molecular formula is C17H17NO4S. The van der Waals surface area contributed by atoms with Gasteiger partial charge in [-0.2, -0.15) is 0 Å². The van der Waals surface area contributed by atoms with Gasteiger partial charge in [0.1, 0.15) is 5.75 Å². The lowest BCUT2D eigenvalue weighted by Gasteiger charge is -2.07. The van der Waals surface area contributed by atoms with E-state index in [1.54, 1.807) is 30.3 Å². The van der Waals surface area contributed by atoms with Crippen molar-refractivity contribution in [2.24, 2.45) is 0 Å². The predicted molar refractivity (Wildman–Crippen MR) is 86.4 cm³/mol. The van der Waals surface area contributed by atoms with E-state index in [9.17, 15) is 13.2 Å². The summed E-state index contributed by atoms with van der Waals surface area (Å²) in [6.07, 6.45) is 1.99. The number of hydrogen-bond donors (Lipinski definition) is 1. The van der Waals surface area contributed by atoms with Gasteiger partial charge in [0, 0.05) is 24.8 Å². The zero-order valence-electron chi connectivity index (χ0n) is 12.7. The average Bonchev–Trinajstić information content (AvgIpc) is 2.99. The van der Waals surface area contributed by atoms with Crippen LogP contribution in [-0.4, -0.2) is 27.2 Å². The smallest absolute Gasteiger partial charge is 0.251 e. The first-order chi connectivity index (χ1) is 10.9. The standard InChI is InChI=1S/C17H17NO4S/c1-23(20,21)15-5-2-12(3-6-15)11-18-17(19)14-4-7-16-13(10-14)8-9-22-16/h2-7,10H,8-9,11H2,1H3,(H,18,19). The summed E-state index contributed by atoms with van der Waals surface area (Å²) in [7, 11) is -3.20. The Bertz CT molecular complexity index is 841. The molecule has 6 heteroatoms. The van der Waals surface area contributed by atoms with Gasteiger partial charge >= 0.3 is 0 Å². The van der Waals surface area contributed by atoms with Crippen LogP contribution in [0.25, 0.3) is 0 Å². The Hall–Kier alpha value is -2.34. The first kappa shape index (κ1) is 15.6. The second kappa shape index (κ2) is 6.04. The predicted octanol–water partition coefficient (Wildman–Crippen LogP) is 1.96. The molecule has 0 atom stereocenters. The summed E-state index contributed by atoms with van der Waals surface area (Å²) >= 11 is 0. The Morgan fingerprint density at radius 1 is 1.17 bits per heavy atom.